The fourth-order valence-corrected chi connectivity index (χ4v) is 5.54. The molecule has 1 aliphatic carbocycles. The predicted octanol–water partition coefficient (Wildman–Crippen LogP) is 1.77. The number of halogens is 1. The molecule has 0 radical (unpaired) electrons. The summed E-state index contributed by atoms with van der Waals surface area (Å²) < 4.78 is 30.0. The monoisotopic (exact) mass is 423 g/mol. The van der Waals surface area contributed by atoms with Crippen molar-refractivity contribution in [2.45, 2.75) is 17.9 Å². The summed E-state index contributed by atoms with van der Waals surface area (Å²) in [6.45, 7) is 0. The highest BCUT2D eigenvalue weighted by molar-refractivity contribution is 7.92. The van der Waals surface area contributed by atoms with Crippen LogP contribution in [0.3, 0.4) is 0 Å². The van der Waals surface area contributed by atoms with Crippen LogP contribution in [0, 0.1) is 0 Å². The summed E-state index contributed by atoms with van der Waals surface area (Å²) >= 11 is 7.37. The van der Waals surface area contributed by atoms with Gasteiger partial charge in [0, 0.05) is 17.1 Å². The summed E-state index contributed by atoms with van der Waals surface area (Å²) in [7, 11) is -3.94. The highest BCUT2D eigenvalue weighted by Gasteiger charge is 2.28. The van der Waals surface area contributed by atoms with Gasteiger partial charge in [0.15, 0.2) is 15.1 Å². The maximum atomic E-state index is 13.0. The van der Waals surface area contributed by atoms with Crippen molar-refractivity contribution in [3.05, 3.63) is 46.1 Å². The van der Waals surface area contributed by atoms with Crippen molar-refractivity contribution in [1.29, 1.82) is 0 Å². The number of fused-ring (bicyclic) bond motifs is 2. The normalized spacial score (nSPS) is 15.2. The van der Waals surface area contributed by atoms with Gasteiger partial charge >= 0.3 is 0 Å². The molecule has 1 aliphatic rings. The number of hydrogen-bond donors (Lipinski definition) is 3. The minimum absolute atomic E-state index is 0.0723. The molecular formula is C15H14ClN7O2S2. The van der Waals surface area contributed by atoms with E-state index in [1.807, 2.05) is 6.07 Å². The fourth-order valence-electron chi connectivity index (χ4n) is 2.99. The molecule has 0 fully saturated rings. The zero-order valence-electron chi connectivity index (χ0n) is 13.8. The van der Waals surface area contributed by atoms with Gasteiger partial charge in [-0.1, -0.05) is 23.7 Å². The molecule has 9 nitrogen and oxygen atoms in total. The Morgan fingerprint density at radius 1 is 1.33 bits per heavy atom. The van der Waals surface area contributed by atoms with Gasteiger partial charge in [-0.15, -0.1) is 16.4 Å². The van der Waals surface area contributed by atoms with Gasteiger partial charge in [-0.05, 0) is 24.5 Å². The van der Waals surface area contributed by atoms with Gasteiger partial charge in [0.1, 0.15) is 0 Å². The number of guanidine groups is 1. The van der Waals surface area contributed by atoms with Crippen molar-refractivity contribution in [3.63, 3.8) is 0 Å². The maximum Gasteiger partial charge on any atom is 0.281 e. The average molecular weight is 424 g/mol. The molecule has 0 saturated heterocycles. The first kappa shape index (κ1) is 17.8. The van der Waals surface area contributed by atoms with Crippen LogP contribution >= 0.6 is 22.9 Å². The highest BCUT2D eigenvalue weighted by Crippen LogP contribution is 2.32. The number of sulfonamides is 1. The van der Waals surface area contributed by atoms with E-state index in [1.54, 1.807) is 23.7 Å². The van der Waals surface area contributed by atoms with Crippen LogP contribution in [0.15, 0.2) is 45.0 Å². The Balaban J connectivity index is 1.74. The Hall–Kier alpha value is -2.63. The van der Waals surface area contributed by atoms with Crippen LogP contribution in [0.2, 0.25) is 5.15 Å². The summed E-state index contributed by atoms with van der Waals surface area (Å²) in [6.07, 6.45) is 2.83. The lowest BCUT2D eigenvalue weighted by atomic mass is 10.1. The molecule has 2 aromatic heterocycles. The molecule has 0 saturated carbocycles. The Morgan fingerprint density at radius 3 is 2.93 bits per heavy atom. The lowest BCUT2D eigenvalue weighted by Crippen LogP contribution is -2.22. The quantitative estimate of drug-likeness (QED) is 0.333. The Bertz CT molecular complexity index is 1210. The summed E-state index contributed by atoms with van der Waals surface area (Å²) in [6, 6.07) is 5.29. The van der Waals surface area contributed by atoms with E-state index in [0.717, 1.165) is 11.1 Å². The molecule has 0 amide bonds. The zero-order valence-corrected chi connectivity index (χ0v) is 16.1. The van der Waals surface area contributed by atoms with Crippen LogP contribution in [0.4, 0.5) is 5.69 Å². The molecule has 2 heterocycles. The summed E-state index contributed by atoms with van der Waals surface area (Å²) in [5.74, 6) is -0.136. The number of nitrogens with two attached hydrogens (primary N) is 2. The average Bonchev–Trinajstić information content (AvgIpc) is 3.26. The topological polar surface area (TPSA) is 140 Å². The lowest BCUT2D eigenvalue weighted by Gasteiger charge is -2.11. The molecule has 1 aromatic carbocycles. The van der Waals surface area contributed by atoms with Crippen LogP contribution in [0.1, 0.15) is 17.5 Å². The van der Waals surface area contributed by atoms with Crippen LogP contribution in [-0.2, 0) is 16.4 Å². The Labute approximate surface area is 163 Å². The van der Waals surface area contributed by atoms with Crippen molar-refractivity contribution >= 4 is 55.3 Å². The van der Waals surface area contributed by atoms with Crippen molar-refractivity contribution < 1.29 is 8.42 Å². The van der Waals surface area contributed by atoms with Crippen molar-refractivity contribution in [1.82, 2.24) is 9.38 Å². The number of benzene rings is 1. The van der Waals surface area contributed by atoms with Crippen LogP contribution in [-0.4, -0.2) is 29.5 Å². The molecule has 12 heteroatoms. The minimum Gasteiger partial charge on any atom is -0.369 e. The van der Waals surface area contributed by atoms with Gasteiger partial charge in [-0.25, -0.2) is 4.98 Å². The Kier molecular flexibility index (Phi) is 4.29. The van der Waals surface area contributed by atoms with Crippen molar-refractivity contribution in [2.24, 2.45) is 21.7 Å². The van der Waals surface area contributed by atoms with Crippen molar-refractivity contribution in [3.8, 4) is 0 Å². The smallest absolute Gasteiger partial charge is 0.281 e. The SMILES string of the molecule is NC(N)=N/N=C1\CCc2c(NS(=O)(=O)c3c(Cl)nc4sccn34)cccc21. The largest absolute Gasteiger partial charge is 0.369 e. The van der Waals surface area contributed by atoms with Gasteiger partial charge in [0.25, 0.3) is 10.0 Å². The number of hydrogen-bond acceptors (Lipinski definition) is 6. The first-order valence-corrected chi connectivity index (χ1v) is 10.5. The third kappa shape index (κ3) is 3.13. The van der Waals surface area contributed by atoms with E-state index in [1.165, 1.54) is 15.7 Å². The third-order valence-electron chi connectivity index (χ3n) is 4.06. The van der Waals surface area contributed by atoms with E-state index in [0.29, 0.717) is 29.2 Å². The second-order valence-electron chi connectivity index (χ2n) is 5.77. The Morgan fingerprint density at radius 2 is 2.15 bits per heavy atom. The lowest BCUT2D eigenvalue weighted by molar-refractivity contribution is 0.596. The number of nitrogens with zero attached hydrogens (tertiary/aromatic N) is 4. The first-order chi connectivity index (χ1) is 12.9. The number of anilines is 1. The van der Waals surface area contributed by atoms with Crippen molar-refractivity contribution in [2.75, 3.05) is 4.72 Å². The first-order valence-electron chi connectivity index (χ1n) is 7.78. The summed E-state index contributed by atoms with van der Waals surface area (Å²) in [5, 5.41) is 9.30. The second kappa shape index (κ2) is 6.51. The molecule has 0 bridgehead atoms. The number of nitrogens with one attached hydrogen (secondary N) is 1. The van der Waals surface area contributed by atoms with E-state index in [-0.39, 0.29) is 16.1 Å². The van der Waals surface area contributed by atoms with Gasteiger partial charge in [-0.2, -0.15) is 13.5 Å². The number of thiazole rings is 1. The van der Waals surface area contributed by atoms with E-state index < -0.39 is 10.0 Å². The molecule has 140 valence electrons. The van der Waals surface area contributed by atoms with Gasteiger partial charge in [0.2, 0.25) is 5.96 Å². The fraction of sp³-hybridized carbons (Fsp3) is 0.133. The zero-order chi connectivity index (χ0) is 19.2. The number of rotatable bonds is 4. The molecule has 4 rings (SSSR count). The van der Waals surface area contributed by atoms with Crippen LogP contribution < -0.4 is 16.2 Å². The van der Waals surface area contributed by atoms with E-state index in [2.05, 4.69) is 19.9 Å². The van der Waals surface area contributed by atoms with Gasteiger partial charge < -0.3 is 11.5 Å². The molecule has 0 atom stereocenters. The molecule has 3 aromatic rings. The predicted molar refractivity (Wildman–Crippen MR) is 106 cm³/mol. The van der Waals surface area contributed by atoms with Crippen LogP contribution in [0.5, 0.6) is 0 Å². The minimum atomic E-state index is -3.94. The third-order valence-corrected chi connectivity index (χ3v) is 6.58. The molecule has 5 N–H and O–H groups in total. The van der Waals surface area contributed by atoms with E-state index in [9.17, 15) is 8.42 Å². The molecule has 0 spiro atoms. The highest BCUT2D eigenvalue weighted by atomic mass is 35.5. The maximum absolute atomic E-state index is 13.0. The molecule has 0 unspecified atom stereocenters. The molecule has 27 heavy (non-hydrogen) atoms. The van der Waals surface area contributed by atoms with Gasteiger partial charge in [-0.3, -0.25) is 9.12 Å². The molecule has 0 aliphatic heterocycles. The summed E-state index contributed by atoms with van der Waals surface area (Å²) in [4.78, 5) is 4.58. The standard InChI is InChI=1S/C15H14ClN7O2S2/c16-12-13(23-6-7-26-15(23)19-12)27(24,25)22-11-3-1-2-8-9(11)4-5-10(8)20-21-14(17)18/h1-3,6-7,22H,4-5H2,(H4,17,18,21)/b20-10+. The number of imidazole rings is 1. The van der Waals surface area contributed by atoms with E-state index >= 15 is 0 Å². The number of aromatic nitrogens is 2. The summed E-state index contributed by atoms with van der Waals surface area (Å²) in [5.41, 5.74) is 13.4. The van der Waals surface area contributed by atoms with Crippen LogP contribution in [0.25, 0.3) is 4.96 Å². The molecular weight excluding hydrogens is 410 g/mol. The van der Waals surface area contributed by atoms with Gasteiger partial charge in [0.05, 0.1) is 11.4 Å². The second-order valence-corrected chi connectivity index (χ2v) is 8.60. The van der Waals surface area contributed by atoms with E-state index in [4.69, 9.17) is 23.1 Å².